The summed E-state index contributed by atoms with van der Waals surface area (Å²) < 4.78 is 13.6. The average molecular weight is 493 g/mol. The zero-order valence-corrected chi connectivity index (χ0v) is 21.1. The Balaban J connectivity index is 1.35. The van der Waals surface area contributed by atoms with Crippen LogP contribution in [0.4, 0.5) is 0 Å². The van der Waals surface area contributed by atoms with Crippen molar-refractivity contribution in [2.45, 2.75) is 95.8 Å². The van der Waals surface area contributed by atoms with Crippen molar-refractivity contribution in [1.29, 1.82) is 0 Å². The van der Waals surface area contributed by atoms with Crippen molar-refractivity contribution in [3.8, 4) is 11.5 Å². The molecule has 1 N–H and O–H groups in total. The normalized spacial score (nSPS) is 19.8. The first-order valence-electron chi connectivity index (χ1n) is 13.7. The van der Waals surface area contributed by atoms with Gasteiger partial charge in [-0.2, -0.15) is 0 Å². The summed E-state index contributed by atoms with van der Waals surface area (Å²) in [5.41, 5.74) is 1.49. The molecule has 3 heterocycles. The first-order valence-corrected chi connectivity index (χ1v) is 13.7. The van der Waals surface area contributed by atoms with Gasteiger partial charge in [0, 0.05) is 29.6 Å². The van der Waals surface area contributed by atoms with Gasteiger partial charge in [0.2, 0.25) is 0 Å². The number of H-pyrrole nitrogens is 1. The highest BCUT2D eigenvalue weighted by Crippen LogP contribution is 2.37. The van der Waals surface area contributed by atoms with E-state index in [1.165, 1.54) is 32.1 Å². The van der Waals surface area contributed by atoms with Crippen LogP contribution in [0.2, 0.25) is 0 Å². The molecule has 0 saturated heterocycles. The monoisotopic (exact) mass is 492 g/mol. The second kappa shape index (κ2) is 10.2. The minimum atomic E-state index is -0.0519. The van der Waals surface area contributed by atoms with Crippen LogP contribution in [0.15, 0.2) is 23.0 Å². The van der Waals surface area contributed by atoms with Crippen LogP contribution in [0.5, 0.6) is 11.5 Å². The highest BCUT2D eigenvalue weighted by atomic mass is 16.6. The van der Waals surface area contributed by atoms with E-state index in [0.717, 1.165) is 60.1 Å². The van der Waals surface area contributed by atoms with Gasteiger partial charge < -0.3 is 14.5 Å². The SMILES string of the molecule is CCC(c1nnnn1C1CCCCC1)N(Cc1cc2cc3c(cc2[nH]c1=O)OCCO3)C1CCCC1. The highest BCUT2D eigenvalue weighted by Gasteiger charge is 2.34. The van der Waals surface area contributed by atoms with E-state index in [1.54, 1.807) is 0 Å². The van der Waals surface area contributed by atoms with E-state index < -0.39 is 0 Å². The number of hydrogen-bond donors (Lipinski definition) is 1. The van der Waals surface area contributed by atoms with Crippen molar-refractivity contribution in [2.75, 3.05) is 13.2 Å². The Hall–Kier alpha value is -2.94. The molecule has 6 rings (SSSR count). The maximum Gasteiger partial charge on any atom is 0.252 e. The van der Waals surface area contributed by atoms with E-state index in [4.69, 9.17) is 9.47 Å². The smallest absolute Gasteiger partial charge is 0.252 e. The lowest BCUT2D eigenvalue weighted by atomic mass is 9.95. The lowest BCUT2D eigenvalue weighted by molar-refractivity contribution is 0.109. The zero-order chi connectivity index (χ0) is 24.5. The second-order valence-corrected chi connectivity index (χ2v) is 10.5. The largest absolute Gasteiger partial charge is 0.486 e. The van der Waals surface area contributed by atoms with E-state index >= 15 is 0 Å². The van der Waals surface area contributed by atoms with Crippen LogP contribution in [-0.4, -0.2) is 49.3 Å². The number of nitrogens with zero attached hydrogens (tertiary/aromatic N) is 5. The third kappa shape index (κ3) is 4.49. The number of pyridine rings is 1. The summed E-state index contributed by atoms with van der Waals surface area (Å²) in [6.07, 6.45) is 11.7. The standard InChI is InChI=1S/C27H36N6O3/c1-2-23(26-29-30-31-33(26)21-10-4-3-5-11-21)32(20-8-6-7-9-20)17-19-14-18-15-24-25(36-13-12-35-24)16-22(18)28-27(19)34/h14-16,20-21,23H,2-13,17H2,1H3,(H,28,34). The number of aromatic nitrogens is 5. The minimum Gasteiger partial charge on any atom is -0.486 e. The first kappa shape index (κ1) is 23.5. The van der Waals surface area contributed by atoms with Crippen LogP contribution >= 0.6 is 0 Å². The summed E-state index contributed by atoms with van der Waals surface area (Å²) in [4.78, 5) is 18.9. The molecular weight excluding hydrogens is 456 g/mol. The summed E-state index contributed by atoms with van der Waals surface area (Å²) in [6.45, 7) is 3.84. The predicted octanol–water partition coefficient (Wildman–Crippen LogP) is 4.69. The quantitative estimate of drug-likeness (QED) is 0.511. The van der Waals surface area contributed by atoms with Gasteiger partial charge in [-0.1, -0.05) is 39.0 Å². The van der Waals surface area contributed by atoms with Crippen molar-refractivity contribution >= 4 is 10.9 Å². The van der Waals surface area contributed by atoms with E-state index in [9.17, 15) is 4.79 Å². The number of fused-ring (bicyclic) bond motifs is 2. The summed E-state index contributed by atoms with van der Waals surface area (Å²) >= 11 is 0. The van der Waals surface area contributed by atoms with Gasteiger partial charge in [-0.25, -0.2) is 4.68 Å². The number of ether oxygens (including phenoxy) is 2. The lowest BCUT2D eigenvalue weighted by Gasteiger charge is -2.36. The van der Waals surface area contributed by atoms with Crippen molar-refractivity contribution in [2.24, 2.45) is 0 Å². The highest BCUT2D eigenvalue weighted by molar-refractivity contribution is 5.83. The van der Waals surface area contributed by atoms with E-state index in [1.807, 2.05) is 18.2 Å². The molecule has 3 aromatic rings. The number of benzene rings is 1. The maximum absolute atomic E-state index is 13.3. The Morgan fingerprint density at radius 2 is 1.75 bits per heavy atom. The molecule has 2 saturated carbocycles. The second-order valence-electron chi connectivity index (χ2n) is 10.5. The van der Waals surface area contributed by atoms with Crippen molar-refractivity contribution in [3.63, 3.8) is 0 Å². The topological polar surface area (TPSA) is 98.2 Å². The van der Waals surface area contributed by atoms with Gasteiger partial charge >= 0.3 is 0 Å². The van der Waals surface area contributed by atoms with E-state index in [2.05, 4.69) is 37.0 Å². The molecule has 9 nitrogen and oxygen atoms in total. The fraction of sp³-hybridized carbons (Fsp3) is 0.630. The minimum absolute atomic E-state index is 0.0519. The van der Waals surface area contributed by atoms with Gasteiger partial charge in [0.1, 0.15) is 13.2 Å². The molecule has 192 valence electrons. The Labute approximate surface area is 211 Å². The number of rotatable bonds is 7. The molecule has 36 heavy (non-hydrogen) atoms. The van der Waals surface area contributed by atoms with Crippen molar-refractivity contribution in [1.82, 2.24) is 30.1 Å². The molecule has 2 fully saturated rings. The molecule has 1 unspecified atom stereocenters. The summed E-state index contributed by atoms with van der Waals surface area (Å²) in [6, 6.07) is 6.73. The third-order valence-electron chi connectivity index (χ3n) is 8.25. The Bertz CT molecular complexity index is 1260. The molecule has 9 heteroatoms. The Kier molecular flexibility index (Phi) is 6.65. The van der Waals surface area contributed by atoms with Crippen LogP contribution in [0, 0.1) is 0 Å². The zero-order valence-electron chi connectivity index (χ0n) is 21.1. The maximum atomic E-state index is 13.3. The Morgan fingerprint density at radius 3 is 2.50 bits per heavy atom. The molecule has 1 aromatic carbocycles. The van der Waals surface area contributed by atoms with Crippen LogP contribution < -0.4 is 15.0 Å². The van der Waals surface area contributed by atoms with Gasteiger partial charge in [-0.15, -0.1) is 5.10 Å². The first-order chi connectivity index (χ1) is 17.7. The molecule has 0 spiro atoms. The number of tetrazole rings is 1. The molecule has 0 bridgehead atoms. The van der Waals surface area contributed by atoms with Gasteiger partial charge in [0.05, 0.1) is 17.6 Å². The predicted molar refractivity (Wildman–Crippen MR) is 136 cm³/mol. The van der Waals surface area contributed by atoms with Crippen LogP contribution in [0.1, 0.15) is 94.6 Å². The average Bonchev–Trinajstić information content (AvgIpc) is 3.61. The van der Waals surface area contributed by atoms with Crippen molar-refractivity contribution in [3.05, 3.63) is 39.9 Å². The number of hydrogen-bond acceptors (Lipinski definition) is 7. The van der Waals surface area contributed by atoms with Crippen LogP contribution in [0.3, 0.4) is 0 Å². The lowest BCUT2D eigenvalue weighted by Crippen LogP contribution is -2.39. The van der Waals surface area contributed by atoms with Crippen LogP contribution in [-0.2, 0) is 6.54 Å². The fourth-order valence-corrected chi connectivity index (χ4v) is 6.40. The molecule has 1 atom stereocenters. The van der Waals surface area contributed by atoms with E-state index in [-0.39, 0.29) is 11.6 Å². The van der Waals surface area contributed by atoms with E-state index in [0.29, 0.717) is 37.6 Å². The molecule has 2 aromatic heterocycles. The fourth-order valence-electron chi connectivity index (χ4n) is 6.40. The van der Waals surface area contributed by atoms with Crippen LogP contribution in [0.25, 0.3) is 10.9 Å². The molecule has 0 radical (unpaired) electrons. The molecule has 0 amide bonds. The Morgan fingerprint density at radius 1 is 1.03 bits per heavy atom. The molecular formula is C27H36N6O3. The number of nitrogens with one attached hydrogen (secondary N) is 1. The molecule has 1 aliphatic heterocycles. The summed E-state index contributed by atoms with van der Waals surface area (Å²) in [7, 11) is 0. The van der Waals surface area contributed by atoms with Gasteiger partial charge in [-0.3, -0.25) is 9.69 Å². The molecule has 2 aliphatic carbocycles. The summed E-state index contributed by atoms with van der Waals surface area (Å²) in [5, 5.41) is 14.1. The summed E-state index contributed by atoms with van der Waals surface area (Å²) in [5.74, 6) is 2.37. The van der Waals surface area contributed by atoms with Gasteiger partial charge in [0.25, 0.3) is 5.56 Å². The van der Waals surface area contributed by atoms with Gasteiger partial charge in [0.15, 0.2) is 17.3 Å². The number of aromatic amines is 1. The van der Waals surface area contributed by atoms with Gasteiger partial charge in [-0.05, 0) is 54.7 Å². The van der Waals surface area contributed by atoms with Crippen molar-refractivity contribution < 1.29 is 9.47 Å². The third-order valence-corrected chi connectivity index (χ3v) is 8.25. The molecule has 3 aliphatic rings.